The Morgan fingerprint density at radius 3 is 2.50 bits per heavy atom. The van der Waals surface area contributed by atoms with E-state index < -0.39 is 11.8 Å². The molecule has 1 aliphatic rings. The quantitative estimate of drug-likeness (QED) is 0.235. The first-order chi connectivity index (χ1) is 13.4. The molecule has 0 radical (unpaired) electrons. The van der Waals surface area contributed by atoms with Crippen LogP contribution in [-0.2, 0) is 14.4 Å². The molecule has 0 aromatic rings. The van der Waals surface area contributed by atoms with Crippen LogP contribution in [0.4, 0.5) is 0 Å². The van der Waals surface area contributed by atoms with Crippen LogP contribution in [0.1, 0.15) is 65.2 Å². The second kappa shape index (κ2) is 14.1. The molecular weight excluding hydrogens is 376 g/mol. The number of rotatable bonds is 15. The van der Waals surface area contributed by atoms with Gasteiger partial charge in [-0.05, 0) is 38.1 Å². The molecule has 0 aromatic carbocycles. The number of Topliss-reactive ketones (excluding diaryl/α,β-unsaturated/α-hetero) is 2. The molecule has 7 nitrogen and oxygen atoms in total. The molecule has 0 spiro atoms. The fraction of sp³-hybridized carbons (Fsp3) is 0.850. The van der Waals surface area contributed by atoms with Crippen LogP contribution in [0.3, 0.4) is 0 Å². The van der Waals surface area contributed by atoms with Gasteiger partial charge in [-0.25, -0.2) is 0 Å². The molecule has 162 valence electrons. The first-order valence-corrected chi connectivity index (χ1v) is 11.6. The normalized spacial score (nSPS) is 20.3. The van der Waals surface area contributed by atoms with E-state index in [1.165, 1.54) is 0 Å². The molecule has 1 amide bonds. The first-order valence-electron chi connectivity index (χ1n) is 10.5. The highest BCUT2D eigenvalue weighted by atomic mass is 32.2. The van der Waals surface area contributed by atoms with E-state index >= 15 is 0 Å². The number of thioether (sulfide) groups is 1. The second-order valence-corrected chi connectivity index (χ2v) is 9.07. The van der Waals surface area contributed by atoms with Crippen LogP contribution >= 0.6 is 11.8 Å². The van der Waals surface area contributed by atoms with Crippen LogP contribution in [0.5, 0.6) is 0 Å². The van der Waals surface area contributed by atoms with Gasteiger partial charge in [0.15, 0.2) is 5.78 Å². The van der Waals surface area contributed by atoms with Crippen molar-refractivity contribution in [3.8, 4) is 0 Å². The van der Waals surface area contributed by atoms with E-state index in [4.69, 9.17) is 11.5 Å². The van der Waals surface area contributed by atoms with Crippen molar-refractivity contribution in [2.45, 2.75) is 82.7 Å². The summed E-state index contributed by atoms with van der Waals surface area (Å²) in [4.78, 5) is 35.9. The Morgan fingerprint density at radius 2 is 1.82 bits per heavy atom. The van der Waals surface area contributed by atoms with Gasteiger partial charge in [0, 0.05) is 18.7 Å². The van der Waals surface area contributed by atoms with E-state index in [0.717, 1.165) is 44.3 Å². The maximum atomic E-state index is 12.2. The van der Waals surface area contributed by atoms with Crippen LogP contribution in [0.15, 0.2) is 0 Å². The molecule has 1 heterocycles. The molecular formula is C20H38N4O3S. The van der Waals surface area contributed by atoms with E-state index in [1.54, 1.807) is 11.8 Å². The minimum absolute atomic E-state index is 0.0157. The fourth-order valence-corrected chi connectivity index (χ4v) is 4.30. The summed E-state index contributed by atoms with van der Waals surface area (Å²) < 4.78 is 0. The van der Waals surface area contributed by atoms with E-state index in [-0.39, 0.29) is 35.4 Å². The smallest absolute Gasteiger partial charge is 0.238 e. The summed E-state index contributed by atoms with van der Waals surface area (Å²) in [5.41, 5.74) is 11.2. The van der Waals surface area contributed by atoms with Gasteiger partial charge in [0.1, 0.15) is 0 Å². The Balaban J connectivity index is 2.10. The van der Waals surface area contributed by atoms with E-state index in [0.29, 0.717) is 19.5 Å². The van der Waals surface area contributed by atoms with Gasteiger partial charge in [-0.1, -0.05) is 33.1 Å². The van der Waals surface area contributed by atoms with Crippen LogP contribution in [0, 0.1) is 5.92 Å². The minimum Gasteiger partial charge on any atom is -0.355 e. The van der Waals surface area contributed by atoms with Crippen molar-refractivity contribution in [3.63, 3.8) is 0 Å². The lowest BCUT2D eigenvalue weighted by Gasteiger charge is -2.14. The predicted molar refractivity (Wildman–Crippen MR) is 115 cm³/mol. The van der Waals surface area contributed by atoms with Gasteiger partial charge < -0.3 is 16.8 Å². The lowest BCUT2D eigenvalue weighted by atomic mass is 9.96. The summed E-state index contributed by atoms with van der Waals surface area (Å²) in [6.07, 6.45) is 6.82. The number of nitrogens with two attached hydrogens (primary N) is 2. The molecule has 1 aliphatic heterocycles. The number of amides is 1. The summed E-state index contributed by atoms with van der Waals surface area (Å²) >= 11 is 1.78. The van der Waals surface area contributed by atoms with Crippen LogP contribution in [-0.4, -0.2) is 53.8 Å². The van der Waals surface area contributed by atoms with Gasteiger partial charge >= 0.3 is 0 Å². The molecule has 28 heavy (non-hydrogen) atoms. The SMILES string of the molecule is CC(C)[C@H](N)C(=O)C(=O)CCCCCC1NC(C(=O)NCCCCCN)CS1. The molecule has 0 aromatic heterocycles. The van der Waals surface area contributed by atoms with E-state index in [1.807, 2.05) is 13.8 Å². The van der Waals surface area contributed by atoms with Crippen molar-refractivity contribution < 1.29 is 14.4 Å². The van der Waals surface area contributed by atoms with Gasteiger partial charge in [-0.3, -0.25) is 19.7 Å². The molecule has 0 bridgehead atoms. The molecule has 1 saturated heterocycles. The van der Waals surface area contributed by atoms with Crippen LogP contribution in [0.25, 0.3) is 0 Å². The highest BCUT2D eigenvalue weighted by Crippen LogP contribution is 2.23. The molecule has 3 atom stereocenters. The zero-order chi connectivity index (χ0) is 20.9. The van der Waals surface area contributed by atoms with Crippen molar-refractivity contribution in [2.75, 3.05) is 18.8 Å². The third-order valence-electron chi connectivity index (χ3n) is 5.01. The maximum Gasteiger partial charge on any atom is 0.238 e. The Morgan fingerprint density at radius 1 is 1.11 bits per heavy atom. The van der Waals surface area contributed by atoms with Crippen molar-refractivity contribution in [1.82, 2.24) is 10.6 Å². The Bertz CT molecular complexity index is 502. The number of nitrogens with one attached hydrogen (secondary N) is 2. The topological polar surface area (TPSA) is 127 Å². The first kappa shape index (κ1) is 25.1. The maximum absolute atomic E-state index is 12.2. The molecule has 6 N–H and O–H groups in total. The third kappa shape index (κ3) is 9.49. The van der Waals surface area contributed by atoms with Gasteiger partial charge in [-0.2, -0.15) is 0 Å². The number of hydrogen-bond donors (Lipinski definition) is 4. The number of ketones is 2. The second-order valence-electron chi connectivity index (χ2n) is 7.84. The fourth-order valence-electron chi connectivity index (χ4n) is 3.04. The molecule has 0 saturated carbocycles. The number of unbranched alkanes of at least 4 members (excludes halogenated alkanes) is 4. The standard InChI is InChI=1S/C20H38N4O3S/c1-14(2)18(22)19(26)16(25)9-5-3-6-10-17-24-15(13-28-17)20(27)23-12-8-4-7-11-21/h14-15,17-18,24H,3-13,21-22H2,1-2H3,(H,23,27)/t15?,17?,18-/m0/s1. The average Bonchev–Trinajstić information content (AvgIpc) is 3.15. The summed E-state index contributed by atoms with van der Waals surface area (Å²) in [6, 6.07) is -0.809. The average molecular weight is 415 g/mol. The lowest BCUT2D eigenvalue weighted by molar-refractivity contribution is -0.137. The summed E-state index contributed by atoms with van der Waals surface area (Å²) in [5, 5.41) is 6.64. The highest BCUT2D eigenvalue weighted by Gasteiger charge is 2.29. The third-order valence-corrected chi connectivity index (χ3v) is 6.31. The predicted octanol–water partition coefficient (Wildman–Crippen LogP) is 1.33. The van der Waals surface area contributed by atoms with Gasteiger partial charge in [-0.15, -0.1) is 11.8 Å². The van der Waals surface area contributed by atoms with Crippen molar-refractivity contribution in [1.29, 1.82) is 0 Å². The van der Waals surface area contributed by atoms with Crippen molar-refractivity contribution >= 4 is 29.2 Å². The molecule has 2 unspecified atom stereocenters. The molecule has 0 aliphatic carbocycles. The molecule has 1 rings (SSSR count). The summed E-state index contributed by atoms with van der Waals surface area (Å²) in [6.45, 7) is 5.10. The Hall–Kier alpha value is -0.960. The minimum atomic E-state index is -0.685. The largest absolute Gasteiger partial charge is 0.355 e. The number of carbonyl (C=O) groups excluding carboxylic acids is 3. The van der Waals surface area contributed by atoms with Gasteiger partial charge in [0.25, 0.3) is 0 Å². The summed E-state index contributed by atoms with van der Waals surface area (Å²) in [5.74, 6) is 0.0587. The van der Waals surface area contributed by atoms with Crippen molar-refractivity contribution in [3.05, 3.63) is 0 Å². The van der Waals surface area contributed by atoms with Crippen molar-refractivity contribution in [2.24, 2.45) is 17.4 Å². The summed E-state index contributed by atoms with van der Waals surface area (Å²) in [7, 11) is 0. The number of hydrogen-bond acceptors (Lipinski definition) is 7. The monoisotopic (exact) mass is 414 g/mol. The zero-order valence-electron chi connectivity index (χ0n) is 17.4. The van der Waals surface area contributed by atoms with Gasteiger partial charge in [0.2, 0.25) is 11.7 Å². The van der Waals surface area contributed by atoms with Gasteiger partial charge in [0.05, 0.1) is 17.5 Å². The van der Waals surface area contributed by atoms with E-state index in [9.17, 15) is 14.4 Å². The number of carbonyl (C=O) groups is 3. The molecule has 1 fully saturated rings. The van der Waals surface area contributed by atoms with Crippen LogP contribution in [0.2, 0.25) is 0 Å². The Kier molecular flexibility index (Phi) is 12.6. The lowest BCUT2D eigenvalue weighted by Crippen LogP contribution is -2.44. The van der Waals surface area contributed by atoms with E-state index in [2.05, 4.69) is 10.6 Å². The molecule has 8 heteroatoms. The zero-order valence-corrected chi connectivity index (χ0v) is 18.2. The Labute approximate surface area is 173 Å². The van der Waals surface area contributed by atoms with Crippen LogP contribution < -0.4 is 22.1 Å². The highest BCUT2D eigenvalue weighted by molar-refractivity contribution is 8.00.